The van der Waals surface area contributed by atoms with E-state index >= 15 is 0 Å². The zero-order valence-corrected chi connectivity index (χ0v) is 15.9. The van der Waals surface area contributed by atoms with Gasteiger partial charge in [0.1, 0.15) is 5.54 Å². The van der Waals surface area contributed by atoms with Crippen LogP contribution in [0, 0.1) is 22.7 Å². The maximum absolute atomic E-state index is 13.1. The number of halogens is 3. The molecule has 0 unspecified atom stereocenters. The number of rotatable bonds is 5. The number of primary amides is 1. The van der Waals surface area contributed by atoms with E-state index in [-0.39, 0.29) is 41.5 Å². The van der Waals surface area contributed by atoms with Crippen LogP contribution >= 0.6 is 0 Å². The first-order valence-corrected chi connectivity index (χ1v) is 10.2. The van der Waals surface area contributed by atoms with E-state index < -0.39 is 11.7 Å². The van der Waals surface area contributed by atoms with E-state index in [2.05, 4.69) is 5.32 Å². The van der Waals surface area contributed by atoms with E-state index in [1.54, 1.807) is 4.90 Å². The fourth-order valence-electron chi connectivity index (χ4n) is 6.14. The summed E-state index contributed by atoms with van der Waals surface area (Å²) in [6, 6.07) is -0.0103. The van der Waals surface area contributed by atoms with E-state index in [0.29, 0.717) is 32.0 Å². The third-order valence-corrected chi connectivity index (χ3v) is 8.15. The molecule has 2 saturated heterocycles. The number of hydrogen-bond acceptors (Lipinski definition) is 3. The molecule has 6 rings (SSSR count). The lowest BCUT2D eigenvalue weighted by molar-refractivity contribution is -0.256. The Morgan fingerprint density at radius 3 is 2.21 bits per heavy atom. The van der Waals surface area contributed by atoms with Crippen molar-refractivity contribution in [2.45, 2.75) is 50.2 Å². The maximum Gasteiger partial charge on any atom is 0.406 e. The summed E-state index contributed by atoms with van der Waals surface area (Å²) in [5.41, 5.74) is 4.00. The second kappa shape index (κ2) is 5.55. The number of carbonyl (C=O) groups excluding carboxylic acids is 2. The monoisotopic (exact) mass is 400 g/mol. The second-order valence-electron chi connectivity index (χ2n) is 10.0. The summed E-state index contributed by atoms with van der Waals surface area (Å²) in [6.45, 7) is 2.91. The molecule has 6 nitrogen and oxygen atoms in total. The van der Waals surface area contributed by atoms with Crippen LogP contribution in [0.1, 0.15) is 38.5 Å². The Kier molecular flexibility index (Phi) is 3.67. The molecule has 156 valence electrons. The molecule has 0 aromatic rings. The molecule has 2 bridgehead atoms. The Balaban J connectivity index is 1.07. The Labute approximate surface area is 162 Å². The summed E-state index contributed by atoms with van der Waals surface area (Å²) in [5, 5.41) is 2.83. The average molecular weight is 400 g/mol. The molecule has 0 spiro atoms. The Hall–Kier alpha value is -1.51. The van der Waals surface area contributed by atoms with Gasteiger partial charge < -0.3 is 20.9 Å². The molecule has 4 saturated carbocycles. The van der Waals surface area contributed by atoms with Crippen molar-refractivity contribution < 1.29 is 22.8 Å². The van der Waals surface area contributed by atoms with Crippen LogP contribution in [0.15, 0.2) is 0 Å². The predicted octanol–water partition coefficient (Wildman–Crippen LogP) is 1.70. The average Bonchev–Trinajstić information content (AvgIpc) is 3.13. The van der Waals surface area contributed by atoms with Gasteiger partial charge in [0.2, 0.25) is 5.91 Å². The summed E-state index contributed by atoms with van der Waals surface area (Å²) >= 11 is 0. The van der Waals surface area contributed by atoms with Crippen LogP contribution in [0.5, 0.6) is 0 Å². The molecule has 28 heavy (non-hydrogen) atoms. The highest BCUT2D eigenvalue weighted by Gasteiger charge is 2.72. The van der Waals surface area contributed by atoms with E-state index in [4.69, 9.17) is 5.73 Å². The van der Waals surface area contributed by atoms with Gasteiger partial charge in [-0.15, -0.1) is 0 Å². The highest BCUT2D eigenvalue weighted by Crippen LogP contribution is 2.77. The minimum Gasteiger partial charge on any atom is -0.369 e. The number of carbonyl (C=O) groups is 2. The Morgan fingerprint density at radius 2 is 1.71 bits per heavy atom. The SMILES string of the molecule is NC(=O)[C@H]1CCN(C(=O)N2CC(C34CC(CNC5(C(F)(F)F)CC5)(C3)C4)C2)C1. The Bertz CT molecular complexity index is 695. The van der Waals surface area contributed by atoms with Crippen molar-refractivity contribution in [2.24, 2.45) is 28.4 Å². The number of hydrogen-bond donors (Lipinski definition) is 2. The van der Waals surface area contributed by atoms with Crippen molar-refractivity contribution in [2.75, 3.05) is 32.7 Å². The molecule has 6 aliphatic rings. The van der Waals surface area contributed by atoms with Crippen molar-refractivity contribution in [3.63, 3.8) is 0 Å². The lowest BCUT2D eigenvalue weighted by atomic mass is 9.31. The minimum absolute atomic E-state index is 0.0103. The fraction of sp³-hybridized carbons (Fsp3) is 0.895. The maximum atomic E-state index is 13.1. The molecule has 2 aliphatic heterocycles. The summed E-state index contributed by atoms with van der Waals surface area (Å²) < 4.78 is 39.2. The first kappa shape index (κ1) is 18.5. The standard InChI is InChI=1S/C19H27F3N4O2/c20-19(21,22)18(2-3-18)24-11-16-8-17(9-16,10-16)13-6-26(7-13)15(28)25-4-1-12(5-25)14(23)27/h12-13,24H,1-11H2,(H2,23,27)/t12-,16?,17?/m0/s1. The van der Waals surface area contributed by atoms with E-state index in [0.717, 1.165) is 32.4 Å². The molecule has 0 aromatic carbocycles. The largest absolute Gasteiger partial charge is 0.406 e. The van der Waals surface area contributed by atoms with Gasteiger partial charge in [-0.25, -0.2) is 4.79 Å². The van der Waals surface area contributed by atoms with E-state index in [1.165, 1.54) is 0 Å². The van der Waals surface area contributed by atoms with Crippen molar-refractivity contribution >= 4 is 11.9 Å². The van der Waals surface area contributed by atoms with Gasteiger partial charge in [-0.05, 0) is 55.3 Å². The van der Waals surface area contributed by atoms with Gasteiger partial charge in [0.15, 0.2) is 0 Å². The van der Waals surface area contributed by atoms with Crippen LogP contribution in [-0.2, 0) is 4.79 Å². The minimum atomic E-state index is -4.15. The van der Waals surface area contributed by atoms with Crippen molar-refractivity contribution in [3.05, 3.63) is 0 Å². The van der Waals surface area contributed by atoms with Crippen molar-refractivity contribution in [1.29, 1.82) is 0 Å². The van der Waals surface area contributed by atoms with Crippen LogP contribution in [-0.4, -0.2) is 66.2 Å². The van der Waals surface area contributed by atoms with E-state index in [1.807, 2.05) is 4.90 Å². The molecule has 1 atom stereocenters. The van der Waals surface area contributed by atoms with Gasteiger partial charge in [-0.1, -0.05) is 0 Å². The number of nitrogens with two attached hydrogens (primary N) is 1. The number of nitrogens with one attached hydrogen (secondary N) is 1. The van der Waals surface area contributed by atoms with Crippen LogP contribution in [0.25, 0.3) is 0 Å². The second-order valence-corrected chi connectivity index (χ2v) is 10.0. The van der Waals surface area contributed by atoms with Crippen LogP contribution < -0.4 is 11.1 Å². The summed E-state index contributed by atoms with van der Waals surface area (Å²) in [6.07, 6.45) is -0.151. The first-order valence-electron chi connectivity index (χ1n) is 10.2. The van der Waals surface area contributed by atoms with Crippen LogP contribution in [0.2, 0.25) is 0 Å². The molecule has 3 N–H and O–H groups in total. The first-order chi connectivity index (χ1) is 13.1. The van der Waals surface area contributed by atoms with Crippen molar-refractivity contribution in [3.8, 4) is 0 Å². The molecular weight excluding hydrogens is 373 g/mol. The molecule has 0 aromatic heterocycles. The summed E-state index contributed by atoms with van der Waals surface area (Å²) in [5.74, 6) is -0.120. The highest BCUT2D eigenvalue weighted by molar-refractivity contribution is 5.80. The van der Waals surface area contributed by atoms with Gasteiger partial charge in [-0.2, -0.15) is 13.2 Å². The van der Waals surface area contributed by atoms with Crippen LogP contribution in [0.3, 0.4) is 0 Å². The Morgan fingerprint density at radius 1 is 1.07 bits per heavy atom. The molecule has 6 fully saturated rings. The number of alkyl halides is 3. The predicted molar refractivity (Wildman–Crippen MR) is 94.1 cm³/mol. The topological polar surface area (TPSA) is 78.7 Å². The third-order valence-electron chi connectivity index (χ3n) is 8.15. The lowest BCUT2D eigenvalue weighted by Crippen LogP contribution is -2.74. The van der Waals surface area contributed by atoms with Gasteiger partial charge in [0.05, 0.1) is 5.92 Å². The van der Waals surface area contributed by atoms with Gasteiger partial charge in [-0.3, -0.25) is 4.79 Å². The molecule has 0 radical (unpaired) electrons. The van der Waals surface area contributed by atoms with Gasteiger partial charge in [0.25, 0.3) is 0 Å². The quantitative estimate of drug-likeness (QED) is 0.737. The normalized spacial score (nSPS) is 38.5. The fourth-order valence-corrected chi connectivity index (χ4v) is 6.14. The lowest BCUT2D eigenvalue weighted by Gasteiger charge is -2.76. The van der Waals surface area contributed by atoms with Crippen molar-refractivity contribution in [1.82, 2.24) is 15.1 Å². The zero-order valence-electron chi connectivity index (χ0n) is 15.9. The molecular formula is C19H27F3N4O2. The number of likely N-dealkylation sites (tertiary alicyclic amines) is 2. The van der Waals surface area contributed by atoms with E-state index in [9.17, 15) is 22.8 Å². The third kappa shape index (κ3) is 2.57. The van der Waals surface area contributed by atoms with Gasteiger partial charge >= 0.3 is 12.2 Å². The summed E-state index contributed by atoms with van der Waals surface area (Å²) in [4.78, 5) is 27.4. The zero-order chi connectivity index (χ0) is 19.9. The number of nitrogens with zero attached hydrogens (tertiary/aromatic N) is 2. The van der Waals surface area contributed by atoms with Crippen LogP contribution in [0.4, 0.5) is 18.0 Å². The highest BCUT2D eigenvalue weighted by atomic mass is 19.4. The smallest absolute Gasteiger partial charge is 0.369 e. The summed E-state index contributed by atoms with van der Waals surface area (Å²) in [7, 11) is 0. The molecule has 2 heterocycles. The molecule has 4 aliphatic carbocycles. The molecule has 9 heteroatoms. The van der Waals surface area contributed by atoms with Gasteiger partial charge in [0, 0.05) is 32.7 Å². The number of urea groups is 1. The number of amides is 3. The molecule has 3 amide bonds.